The zero-order valence-electron chi connectivity index (χ0n) is 11.9. The fraction of sp³-hybridized carbons (Fsp3) is 0.357. The Morgan fingerprint density at radius 3 is 2.67 bits per heavy atom. The van der Waals surface area contributed by atoms with Crippen LogP contribution < -0.4 is 10.0 Å². The number of amides is 1. The van der Waals surface area contributed by atoms with Crippen molar-refractivity contribution in [2.45, 2.75) is 12.8 Å². The molecule has 0 radical (unpaired) electrons. The Morgan fingerprint density at radius 1 is 1.29 bits per heavy atom. The van der Waals surface area contributed by atoms with Crippen molar-refractivity contribution in [1.82, 2.24) is 10.0 Å². The van der Waals surface area contributed by atoms with Crippen molar-refractivity contribution in [1.29, 1.82) is 0 Å². The predicted octanol–water partition coefficient (Wildman–Crippen LogP) is 1.20. The van der Waals surface area contributed by atoms with E-state index in [9.17, 15) is 13.2 Å². The Labute approximate surface area is 123 Å². The quantitative estimate of drug-likeness (QED) is 0.785. The topological polar surface area (TPSA) is 88.4 Å². The molecule has 1 atom stereocenters. The second kappa shape index (κ2) is 6.28. The van der Waals surface area contributed by atoms with E-state index in [2.05, 4.69) is 10.0 Å². The van der Waals surface area contributed by atoms with Gasteiger partial charge >= 0.3 is 0 Å². The molecule has 1 amide bonds. The Balaban J connectivity index is 1.93. The first-order chi connectivity index (χ1) is 9.87. The molecule has 2 rings (SSSR count). The number of para-hydroxylation sites is 1. The summed E-state index contributed by atoms with van der Waals surface area (Å²) in [5.41, 5.74) is 0.742. The van der Waals surface area contributed by atoms with Gasteiger partial charge in [0.05, 0.1) is 12.2 Å². The number of rotatable bonds is 6. The highest BCUT2D eigenvalue weighted by molar-refractivity contribution is 7.88. The molecule has 1 aromatic carbocycles. The number of sulfonamides is 1. The van der Waals surface area contributed by atoms with E-state index in [0.717, 1.165) is 17.2 Å². The molecule has 7 heteroatoms. The van der Waals surface area contributed by atoms with Gasteiger partial charge in [0.1, 0.15) is 11.3 Å². The molecule has 21 heavy (non-hydrogen) atoms. The molecule has 0 unspecified atom stereocenters. The number of hydrogen-bond donors (Lipinski definition) is 2. The molecule has 0 aliphatic heterocycles. The van der Waals surface area contributed by atoms with E-state index in [1.54, 1.807) is 6.92 Å². The van der Waals surface area contributed by atoms with E-state index in [4.69, 9.17) is 4.42 Å². The van der Waals surface area contributed by atoms with E-state index >= 15 is 0 Å². The van der Waals surface area contributed by atoms with Crippen LogP contribution >= 0.6 is 0 Å². The molecule has 0 fully saturated rings. The van der Waals surface area contributed by atoms with E-state index in [-0.39, 0.29) is 19.0 Å². The largest absolute Gasteiger partial charge is 0.460 e. The summed E-state index contributed by atoms with van der Waals surface area (Å²) >= 11 is 0. The van der Waals surface area contributed by atoms with Crippen molar-refractivity contribution in [3.8, 4) is 0 Å². The molecule has 2 aromatic rings. The summed E-state index contributed by atoms with van der Waals surface area (Å²) in [5.74, 6) is -0.0511. The van der Waals surface area contributed by atoms with Crippen LogP contribution in [0.1, 0.15) is 18.6 Å². The first kappa shape index (κ1) is 15.5. The molecule has 0 saturated carbocycles. The number of hydrogen-bond acceptors (Lipinski definition) is 4. The van der Waals surface area contributed by atoms with Crippen molar-refractivity contribution in [3.63, 3.8) is 0 Å². The van der Waals surface area contributed by atoms with Gasteiger partial charge in [-0.15, -0.1) is 0 Å². The maximum atomic E-state index is 12.0. The van der Waals surface area contributed by atoms with Gasteiger partial charge in [-0.1, -0.05) is 18.2 Å². The van der Waals surface area contributed by atoms with Gasteiger partial charge < -0.3 is 9.73 Å². The maximum Gasteiger partial charge on any atom is 0.230 e. The molecule has 2 N–H and O–H groups in total. The monoisotopic (exact) mass is 310 g/mol. The molecule has 6 nitrogen and oxygen atoms in total. The highest BCUT2D eigenvalue weighted by Gasteiger charge is 2.19. The average Bonchev–Trinajstić information content (AvgIpc) is 2.85. The van der Waals surface area contributed by atoms with Gasteiger partial charge in [-0.2, -0.15) is 0 Å². The molecule has 0 aliphatic carbocycles. The zero-order valence-corrected chi connectivity index (χ0v) is 12.7. The van der Waals surface area contributed by atoms with Crippen LogP contribution in [0.2, 0.25) is 0 Å². The summed E-state index contributed by atoms with van der Waals surface area (Å²) in [4.78, 5) is 12.0. The third-order valence-corrected chi connectivity index (χ3v) is 3.78. The van der Waals surface area contributed by atoms with Crippen LogP contribution in [0, 0.1) is 0 Å². The van der Waals surface area contributed by atoms with Crippen LogP contribution in [0.5, 0.6) is 0 Å². The average molecular weight is 310 g/mol. The minimum atomic E-state index is -3.23. The highest BCUT2D eigenvalue weighted by atomic mass is 32.2. The molecular formula is C14H18N2O4S. The minimum absolute atomic E-state index is 0.164. The molecule has 1 aromatic heterocycles. The third-order valence-electron chi connectivity index (χ3n) is 3.05. The predicted molar refractivity (Wildman–Crippen MR) is 80.5 cm³/mol. The summed E-state index contributed by atoms with van der Waals surface area (Å²) < 4.78 is 29.7. The maximum absolute atomic E-state index is 12.0. The smallest absolute Gasteiger partial charge is 0.230 e. The second-order valence-corrected chi connectivity index (χ2v) is 6.70. The van der Waals surface area contributed by atoms with Crippen LogP contribution in [0.3, 0.4) is 0 Å². The van der Waals surface area contributed by atoms with Crippen molar-refractivity contribution in [3.05, 3.63) is 36.1 Å². The van der Waals surface area contributed by atoms with Gasteiger partial charge in [0.25, 0.3) is 0 Å². The van der Waals surface area contributed by atoms with Crippen LogP contribution in [0.4, 0.5) is 0 Å². The van der Waals surface area contributed by atoms with Crippen LogP contribution in [-0.2, 0) is 14.8 Å². The van der Waals surface area contributed by atoms with E-state index < -0.39 is 15.9 Å². The van der Waals surface area contributed by atoms with Gasteiger partial charge in [0, 0.05) is 18.5 Å². The summed E-state index contributed by atoms with van der Waals surface area (Å²) in [6.45, 7) is 2.14. The van der Waals surface area contributed by atoms with E-state index in [1.165, 1.54) is 0 Å². The Hall–Kier alpha value is -1.86. The third kappa shape index (κ3) is 4.30. The Kier molecular flexibility index (Phi) is 4.64. The number of fused-ring (bicyclic) bond motifs is 1. The normalized spacial score (nSPS) is 13.2. The van der Waals surface area contributed by atoms with Crippen molar-refractivity contribution in [2.75, 3.05) is 19.3 Å². The van der Waals surface area contributed by atoms with Crippen molar-refractivity contribution in [2.24, 2.45) is 0 Å². The van der Waals surface area contributed by atoms with Crippen LogP contribution in [0.25, 0.3) is 11.0 Å². The molecule has 0 bridgehead atoms. The Morgan fingerprint density at radius 2 is 2.00 bits per heavy atom. The highest BCUT2D eigenvalue weighted by Crippen LogP contribution is 2.24. The number of benzene rings is 1. The van der Waals surface area contributed by atoms with E-state index in [1.807, 2.05) is 30.3 Å². The van der Waals surface area contributed by atoms with Gasteiger partial charge in [0.15, 0.2) is 0 Å². The fourth-order valence-electron chi connectivity index (χ4n) is 1.92. The van der Waals surface area contributed by atoms with Crippen molar-refractivity contribution >= 4 is 26.9 Å². The number of carbonyl (C=O) groups excluding carboxylic acids is 1. The van der Waals surface area contributed by atoms with Crippen LogP contribution in [-0.4, -0.2) is 33.7 Å². The van der Waals surface area contributed by atoms with Gasteiger partial charge in [-0.05, 0) is 19.1 Å². The first-order valence-electron chi connectivity index (χ1n) is 6.57. The minimum Gasteiger partial charge on any atom is -0.460 e. The molecular weight excluding hydrogens is 292 g/mol. The Bertz CT molecular complexity index is 703. The molecule has 0 saturated heterocycles. The van der Waals surface area contributed by atoms with Crippen LogP contribution in [0.15, 0.2) is 34.7 Å². The van der Waals surface area contributed by atoms with Gasteiger partial charge in [0.2, 0.25) is 15.9 Å². The van der Waals surface area contributed by atoms with Gasteiger partial charge in [-0.25, -0.2) is 13.1 Å². The summed E-state index contributed by atoms with van der Waals surface area (Å²) in [6.07, 6.45) is 1.08. The zero-order chi connectivity index (χ0) is 15.5. The summed E-state index contributed by atoms with van der Waals surface area (Å²) in [5, 5.41) is 3.62. The lowest BCUT2D eigenvalue weighted by Gasteiger charge is -2.10. The standard InChI is InChI=1S/C14H18N2O4S/c1-10(14(17)15-7-8-16-21(2,18)19)13-9-11-5-3-4-6-12(11)20-13/h3-6,9-10,16H,7-8H2,1-2H3,(H,15,17)/t10-/m0/s1. The van der Waals surface area contributed by atoms with Crippen molar-refractivity contribution < 1.29 is 17.6 Å². The summed E-state index contributed by atoms with van der Waals surface area (Å²) in [6, 6.07) is 9.39. The SMILES string of the molecule is C[C@H](C(=O)NCCNS(C)(=O)=O)c1cc2ccccc2o1. The number of nitrogens with one attached hydrogen (secondary N) is 2. The molecule has 114 valence electrons. The lowest BCUT2D eigenvalue weighted by atomic mass is 10.1. The first-order valence-corrected chi connectivity index (χ1v) is 8.47. The molecule has 0 aliphatic rings. The summed E-state index contributed by atoms with van der Waals surface area (Å²) in [7, 11) is -3.23. The number of carbonyl (C=O) groups is 1. The molecule has 1 heterocycles. The fourth-order valence-corrected chi connectivity index (χ4v) is 2.39. The second-order valence-electron chi connectivity index (χ2n) is 4.87. The lowest BCUT2D eigenvalue weighted by molar-refractivity contribution is -0.122. The lowest BCUT2D eigenvalue weighted by Crippen LogP contribution is -2.35. The number of furan rings is 1. The van der Waals surface area contributed by atoms with E-state index in [0.29, 0.717) is 5.76 Å². The van der Waals surface area contributed by atoms with Gasteiger partial charge in [-0.3, -0.25) is 4.79 Å². The molecule has 0 spiro atoms.